The van der Waals surface area contributed by atoms with E-state index in [1.54, 1.807) is 20.0 Å². The van der Waals surface area contributed by atoms with Crippen molar-refractivity contribution in [3.8, 4) is 12.3 Å². The average molecular weight is 219 g/mol. The Bertz CT molecular complexity index is 508. The van der Waals surface area contributed by atoms with Crippen molar-refractivity contribution in [1.29, 1.82) is 0 Å². The molecule has 0 saturated carbocycles. The minimum absolute atomic E-state index is 0.125. The van der Waals surface area contributed by atoms with E-state index < -0.39 is 12.1 Å². The van der Waals surface area contributed by atoms with Gasteiger partial charge in [-0.05, 0) is 13.0 Å². The second-order valence-corrected chi connectivity index (χ2v) is 3.43. The first-order chi connectivity index (χ1) is 7.47. The highest BCUT2D eigenvalue weighted by atomic mass is 16.5. The molecule has 16 heavy (non-hydrogen) atoms. The quantitative estimate of drug-likeness (QED) is 0.549. The van der Waals surface area contributed by atoms with E-state index in [0.717, 1.165) is 0 Å². The summed E-state index contributed by atoms with van der Waals surface area (Å²) in [6.07, 6.45) is 4.55. The van der Waals surface area contributed by atoms with Crippen LogP contribution < -0.4 is 5.56 Å². The molecule has 1 atom stereocenters. The van der Waals surface area contributed by atoms with Gasteiger partial charge in [-0.25, -0.2) is 0 Å². The van der Waals surface area contributed by atoms with Crippen LogP contribution in [0, 0.1) is 19.3 Å². The first kappa shape index (κ1) is 12.1. The second kappa shape index (κ2) is 4.67. The summed E-state index contributed by atoms with van der Waals surface area (Å²) in [5, 5.41) is 0. The van der Waals surface area contributed by atoms with Crippen molar-refractivity contribution in [1.82, 2.24) is 4.57 Å². The summed E-state index contributed by atoms with van der Waals surface area (Å²) in [7, 11) is 1.64. The molecular formula is C12H13NO3. The van der Waals surface area contributed by atoms with Crippen molar-refractivity contribution in [2.45, 2.75) is 20.0 Å². The highest BCUT2D eigenvalue weighted by Crippen LogP contribution is 2.18. The number of ether oxygens (including phenoxy) is 1. The largest absolute Gasteiger partial charge is 0.444 e. The molecule has 0 amide bonds. The van der Waals surface area contributed by atoms with Crippen LogP contribution in [0.1, 0.15) is 24.3 Å². The van der Waals surface area contributed by atoms with E-state index in [1.807, 2.05) is 0 Å². The van der Waals surface area contributed by atoms with Crippen molar-refractivity contribution in [3.63, 3.8) is 0 Å². The zero-order valence-corrected chi connectivity index (χ0v) is 9.48. The van der Waals surface area contributed by atoms with Gasteiger partial charge in [0.05, 0.1) is 0 Å². The molecule has 0 bridgehead atoms. The van der Waals surface area contributed by atoms with Gasteiger partial charge < -0.3 is 9.30 Å². The highest BCUT2D eigenvalue weighted by molar-refractivity contribution is 5.66. The third kappa shape index (κ3) is 2.31. The highest BCUT2D eigenvalue weighted by Gasteiger charge is 2.15. The van der Waals surface area contributed by atoms with Crippen LogP contribution in [0.25, 0.3) is 0 Å². The molecule has 0 aliphatic heterocycles. The molecule has 0 aromatic carbocycles. The standard InChI is InChI=1S/C12H13NO3/c1-5-11(16-9(3)14)10-6-7-12(15)13(4)8(10)2/h1,6-7,11H,2-4H3. The molecule has 0 aliphatic carbocycles. The van der Waals surface area contributed by atoms with Gasteiger partial charge in [-0.3, -0.25) is 9.59 Å². The molecule has 0 N–H and O–H groups in total. The lowest BCUT2D eigenvalue weighted by atomic mass is 10.1. The van der Waals surface area contributed by atoms with Crippen molar-refractivity contribution in [3.05, 3.63) is 33.7 Å². The van der Waals surface area contributed by atoms with Crippen LogP contribution in [0.2, 0.25) is 0 Å². The molecule has 4 heteroatoms. The molecule has 1 unspecified atom stereocenters. The molecule has 1 aromatic heterocycles. The van der Waals surface area contributed by atoms with E-state index in [0.29, 0.717) is 11.3 Å². The van der Waals surface area contributed by atoms with Gasteiger partial charge in [-0.1, -0.05) is 5.92 Å². The fourth-order valence-corrected chi connectivity index (χ4v) is 1.38. The number of carbonyl (C=O) groups is 1. The van der Waals surface area contributed by atoms with Gasteiger partial charge >= 0.3 is 5.97 Å². The maximum absolute atomic E-state index is 11.3. The zero-order chi connectivity index (χ0) is 12.3. The lowest BCUT2D eigenvalue weighted by Gasteiger charge is -2.15. The molecule has 1 rings (SSSR count). The predicted octanol–water partition coefficient (Wildman–Crippen LogP) is 0.931. The normalized spacial score (nSPS) is 11.6. The Morgan fingerprint density at radius 1 is 1.56 bits per heavy atom. The molecule has 0 fully saturated rings. The Labute approximate surface area is 93.9 Å². The minimum Gasteiger partial charge on any atom is -0.444 e. The number of pyridine rings is 1. The van der Waals surface area contributed by atoms with Gasteiger partial charge in [-0.2, -0.15) is 0 Å². The van der Waals surface area contributed by atoms with E-state index in [9.17, 15) is 9.59 Å². The maximum atomic E-state index is 11.3. The van der Waals surface area contributed by atoms with Crippen LogP contribution in [0.15, 0.2) is 16.9 Å². The number of esters is 1. The average Bonchev–Trinajstić information content (AvgIpc) is 2.23. The third-order valence-electron chi connectivity index (χ3n) is 2.37. The number of nitrogens with zero attached hydrogens (tertiary/aromatic N) is 1. The summed E-state index contributed by atoms with van der Waals surface area (Å²) in [5.74, 6) is 1.93. The number of carbonyl (C=O) groups excluding carboxylic acids is 1. The summed E-state index contributed by atoms with van der Waals surface area (Å²) in [6.45, 7) is 3.05. The van der Waals surface area contributed by atoms with Gasteiger partial charge in [0, 0.05) is 31.3 Å². The number of aromatic nitrogens is 1. The number of terminal acetylenes is 1. The Hall–Kier alpha value is -2.02. The summed E-state index contributed by atoms with van der Waals surface area (Å²) < 4.78 is 6.43. The molecule has 4 nitrogen and oxygen atoms in total. The molecule has 1 aromatic rings. The van der Waals surface area contributed by atoms with E-state index in [-0.39, 0.29) is 5.56 Å². The summed E-state index contributed by atoms with van der Waals surface area (Å²) in [4.78, 5) is 22.2. The number of hydrogen-bond donors (Lipinski definition) is 0. The molecule has 0 spiro atoms. The molecular weight excluding hydrogens is 206 g/mol. The third-order valence-corrected chi connectivity index (χ3v) is 2.37. The van der Waals surface area contributed by atoms with Gasteiger partial charge in [0.2, 0.25) is 5.56 Å². The van der Waals surface area contributed by atoms with Crippen molar-refractivity contribution >= 4 is 5.97 Å². The SMILES string of the molecule is C#CC(OC(C)=O)c1ccc(=O)n(C)c1C. The van der Waals surface area contributed by atoms with Crippen LogP contribution in [-0.4, -0.2) is 10.5 Å². The van der Waals surface area contributed by atoms with Gasteiger partial charge in [-0.15, -0.1) is 6.42 Å². The van der Waals surface area contributed by atoms with E-state index in [1.165, 1.54) is 17.6 Å². The van der Waals surface area contributed by atoms with E-state index >= 15 is 0 Å². The lowest BCUT2D eigenvalue weighted by Crippen LogP contribution is -2.21. The van der Waals surface area contributed by atoms with E-state index in [4.69, 9.17) is 11.2 Å². The molecule has 1 heterocycles. The second-order valence-electron chi connectivity index (χ2n) is 3.43. The fraction of sp³-hybridized carbons (Fsp3) is 0.333. The van der Waals surface area contributed by atoms with Crippen molar-refractivity contribution < 1.29 is 9.53 Å². The molecule has 0 saturated heterocycles. The topological polar surface area (TPSA) is 48.3 Å². The van der Waals surface area contributed by atoms with Crippen LogP contribution >= 0.6 is 0 Å². The Morgan fingerprint density at radius 3 is 2.69 bits per heavy atom. The Balaban J connectivity index is 3.22. The maximum Gasteiger partial charge on any atom is 0.304 e. The van der Waals surface area contributed by atoms with Crippen LogP contribution in [-0.2, 0) is 16.6 Å². The summed E-state index contributed by atoms with van der Waals surface area (Å²) in [6, 6.07) is 2.99. The first-order valence-electron chi connectivity index (χ1n) is 4.77. The monoisotopic (exact) mass is 219 g/mol. The number of hydrogen-bond acceptors (Lipinski definition) is 3. The lowest BCUT2D eigenvalue weighted by molar-refractivity contribution is -0.144. The minimum atomic E-state index is -0.746. The van der Waals surface area contributed by atoms with Gasteiger partial charge in [0.1, 0.15) is 0 Å². The molecule has 84 valence electrons. The zero-order valence-electron chi connectivity index (χ0n) is 9.48. The van der Waals surface area contributed by atoms with Crippen molar-refractivity contribution in [2.24, 2.45) is 7.05 Å². The fourth-order valence-electron chi connectivity index (χ4n) is 1.38. The summed E-state index contributed by atoms with van der Waals surface area (Å²) in [5.41, 5.74) is 1.22. The summed E-state index contributed by atoms with van der Waals surface area (Å²) >= 11 is 0. The molecule has 0 aliphatic rings. The van der Waals surface area contributed by atoms with Crippen LogP contribution in [0.5, 0.6) is 0 Å². The van der Waals surface area contributed by atoms with Gasteiger partial charge in [0.15, 0.2) is 6.10 Å². The first-order valence-corrected chi connectivity index (χ1v) is 4.77. The van der Waals surface area contributed by atoms with Gasteiger partial charge in [0.25, 0.3) is 0 Å². The van der Waals surface area contributed by atoms with Crippen LogP contribution in [0.4, 0.5) is 0 Å². The Kier molecular flexibility index (Phi) is 3.51. The van der Waals surface area contributed by atoms with E-state index in [2.05, 4.69) is 5.92 Å². The predicted molar refractivity (Wildman–Crippen MR) is 59.8 cm³/mol. The molecule has 0 radical (unpaired) electrons. The smallest absolute Gasteiger partial charge is 0.304 e. The van der Waals surface area contributed by atoms with Crippen LogP contribution in [0.3, 0.4) is 0 Å². The number of rotatable bonds is 2. The Morgan fingerprint density at radius 2 is 2.19 bits per heavy atom. The van der Waals surface area contributed by atoms with Crippen molar-refractivity contribution in [2.75, 3.05) is 0 Å².